The molecule has 0 unspecified atom stereocenters. The number of carboxylic acid groups (broad SMARTS) is 1. The van der Waals surface area contributed by atoms with Crippen molar-refractivity contribution in [1.82, 2.24) is 5.32 Å². The number of carbonyl (C=O) groups is 2. The van der Waals surface area contributed by atoms with E-state index in [-0.39, 0.29) is 5.91 Å². The molecule has 0 aliphatic heterocycles. The third-order valence-electron chi connectivity index (χ3n) is 2.63. The van der Waals surface area contributed by atoms with Crippen LogP contribution in [0.4, 0.5) is 0 Å². The third kappa shape index (κ3) is 3.80. The van der Waals surface area contributed by atoms with Crippen molar-refractivity contribution in [1.29, 1.82) is 0 Å². The molecule has 1 heterocycles. The minimum atomic E-state index is -0.990. The molecule has 0 atom stereocenters. The summed E-state index contributed by atoms with van der Waals surface area (Å²) >= 11 is 1.48. The van der Waals surface area contributed by atoms with Gasteiger partial charge in [-0.3, -0.25) is 4.79 Å². The fraction of sp³-hybridized carbons (Fsp3) is 0.0667. The summed E-state index contributed by atoms with van der Waals surface area (Å²) < 4.78 is 0. The molecule has 1 aromatic heterocycles. The number of benzene rings is 1. The standard InChI is InChI=1S/C15H13NO3S/c17-14(18)7-6-11-8-9-20-13(11)10-16-15(19)12-4-2-1-3-5-12/h1-9H,10H2,(H,16,19)(H,17,18)/b7-6+. The first-order valence-electron chi connectivity index (χ1n) is 5.97. The zero-order chi connectivity index (χ0) is 14.4. The van der Waals surface area contributed by atoms with Gasteiger partial charge in [0.15, 0.2) is 0 Å². The summed E-state index contributed by atoms with van der Waals surface area (Å²) in [5.41, 5.74) is 1.41. The second-order valence-electron chi connectivity index (χ2n) is 4.02. The number of carbonyl (C=O) groups excluding carboxylic acids is 1. The fourth-order valence-corrected chi connectivity index (χ4v) is 2.46. The average Bonchev–Trinajstić information content (AvgIpc) is 2.91. The number of nitrogens with one attached hydrogen (secondary N) is 1. The Morgan fingerprint density at radius 3 is 2.65 bits per heavy atom. The van der Waals surface area contributed by atoms with Crippen LogP contribution in [0.1, 0.15) is 20.8 Å². The van der Waals surface area contributed by atoms with Crippen molar-refractivity contribution in [2.24, 2.45) is 0 Å². The van der Waals surface area contributed by atoms with Gasteiger partial charge >= 0.3 is 5.97 Å². The number of hydrogen-bond donors (Lipinski definition) is 2. The van der Waals surface area contributed by atoms with Gasteiger partial charge in [-0.15, -0.1) is 11.3 Å². The molecule has 2 aromatic rings. The molecule has 20 heavy (non-hydrogen) atoms. The van der Waals surface area contributed by atoms with Crippen LogP contribution in [-0.4, -0.2) is 17.0 Å². The van der Waals surface area contributed by atoms with Crippen molar-refractivity contribution < 1.29 is 14.7 Å². The van der Waals surface area contributed by atoms with Crippen LogP contribution in [0.5, 0.6) is 0 Å². The maximum absolute atomic E-state index is 11.9. The Bertz CT molecular complexity index is 632. The Morgan fingerprint density at radius 2 is 1.95 bits per heavy atom. The van der Waals surface area contributed by atoms with Crippen LogP contribution in [-0.2, 0) is 11.3 Å². The summed E-state index contributed by atoms with van der Waals surface area (Å²) in [4.78, 5) is 23.3. The van der Waals surface area contributed by atoms with Gasteiger partial charge in [-0.05, 0) is 35.2 Å². The van der Waals surface area contributed by atoms with Gasteiger partial charge in [-0.25, -0.2) is 4.79 Å². The Morgan fingerprint density at radius 1 is 1.20 bits per heavy atom. The zero-order valence-electron chi connectivity index (χ0n) is 10.6. The van der Waals surface area contributed by atoms with E-state index in [9.17, 15) is 9.59 Å². The van der Waals surface area contributed by atoms with Crippen LogP contribution < -0.4 is 5.32 Å². The second-order valence-corrected chi connectivity index (χ2v) is 5.02. The van der Waals surface area contributed by atoms with Gasteiger partial charge in [0.25, 0.3) is 5.91 Å². The molecule has 5 heteroatoms. The molecule has 0 bridgehead atoms. The van der Waals surface area contributed by atoms with Gasteiger partial charge < -0.3 is 10.4 Å². The zero-order valence-corrected chi connectivity index (χ0v) is 11.4. The second kappa shape index (κ2) is 6.68. The Hall–Kier alpha value is -2.40. The molecule has 1 amide bonds. The number of thiophene rings is 1. The van der Waals surface area contributed by atoms with Crippen LogP contribution in [0.25, 0.3) is 6.08 Å². The van der Waals surface area contributed by atoms with E-state index in [1.807, 2.05) is 17.5 Å². The molecule has 2 N–H and O–H groups in total. The maximum atomic E-state index is 11.9. The Balaban J connectivity index is 2.00. The molecular weight excluding hydrogens is 274 g/mol. The average molecular weight is 287 g/mol. The van der Waals surface area contributed by atoms with Crippen LogP contribution in [0.3, 0.4) is 0 Å². The van der Waals surface area contributed by atoms with Gasteiger partial charge in [0.05, 0.1) is 6.54 Å². The molecule has 0 spiro atoms. The summed E-state index contributed by atoms with van der Waals surface area (Å²) in [6.07, 6.45) is 2.62. The van der Waals surface area contributed by atoms with Crippen molar-refractivity contribution >= 4 is 29.3 Å². The van der Waals surface area contributed by atoms with E-state index in [4.69, 9.17) is 5.11 Å². The molecule has 0 aliphatic rings. The lowest BCUT2D eigenvalue weighted by molar-refractivity contribution is -0.131. The third-order valence-corrected chi connectivity index (χ3v) is 3.57. The molecule has 0 saturated carbocycles. The monoisotopic (exact) mass is 287 g/mol. The summed E-state index contributed by atoms with van der Waals surface area (Å²) in [5.74, 6) is -1.14. The first-order chi connectivity index (χ1) is 9.66. The van der Waals surface area contributed by atoms with E-state index in [0.717, 1.165) is 16.5 Å². The molecule has 2 rings (SSSR count). The quantitative estimate of drug-likeness (QED) is 0.831. The predicted molar refractivity (Wildman–Crippen MR) is 78.6 cm³/mol. The number of amides is 1. The number of hydrogen-bond acceptors (Lipinski definition) is 3. The molecule has 0 aliphatic carbocycles. The minimum absolute atomic E-state index is 0.146. The SMILES string of the molecule is O=C(O)/C=C/c1ccsc1CNC(=O)c1ccccc1. The van der Waals surface area contributed by atoms with Gasteiger partial charge in [-0.1, -0.05) is 18.2 Å². The van der Waals surface area contributed by atoms with Crippen molar-refractivity contribution in [3.8, 4) is 0 Å². The van der Waals surface area contributed by atoms with Crippen molar-refractivity contribution in [2.45, 2.75) is 6.54 Å². The highest BCUT2D eigenvalue weighted by Gasteiger charge is 2.07. The normalized spacial score (nSPS) is 10.6. The highest BCUT2D eigenvalue weighted by molar-refractivity contribution is 7.10. The van der Waals surface area contributed by atoms with Crippen LogP contribution in [0.15, 0.2) is 47.9 Å². The molecule has 4 nitrogen and oxygen atoms in total. The summed E-state index contributed by atoms with van der Waals surface area (Å²) in [6.45, 7) is 0.380. The van der Waals surface area contributed by atoms with Crippen LogP contribution in [0.2, 0.25) is 0 Å². The summed E-state index contributed by atoms with van der Waals surface area (Å²) in [5, 5.41) is 13.3. The lowest BCUT2D eigenvalue weighted by atomic mass is 10.2. The van der Waals surface area contributed by atoms with E-state index in [1.165, 1.54) is 17.4 Å². The predicted octanol–water partition coefficient (Wildman–Crippen LogP) is 2.78. The largest absolute Gasteiger partial charge is 0.478 e. The molecule has 0 saturated heterocycles. The Kier molecular flexibility index (Phi) is 4.68. The maximum Gasteiger partial charge on any atom is 0.328 e. The number of carboxylic acids is 1. The molecule has 0 fully saturated rings. The van der Waals surface area contributed by atoms with E-state index >= 15 is 0 Å². The van der Waals surface area contributed by atoms with Crippen LogP contribution >= 0.6 is 11.3 Å². The van der Waals surface area contributed by atoms with Crippen molar-refractivity contribution in [2.75, 3.05) is 0 Å². The van der Waals surface area contributed by atoms with Gasteiger partial charge in [-0.2, -0.15) is 0 Å². The van der Waals surface area contributed by atoms with Gasteiger partial charge in [0, 0.05) is 16.5 Å². The van der Waals surface area contributed by atoms with Gasteiger partial charge in [0.2, 0.25) is 0 Å². The van der Waals surface area contributed by atoms with E-state index < -0.39 is 5.97 Å². The summed E-state index contributed by atoms with van der Waals surface area (Å²) in [7, 11) is 0. The van der Waals surface area contributed by atoms with Gasteiger partial charge in [0.1, 0.15) is 0 Å². The van der Waals surface area contributed by atoms with Crippen molar-refractivity contribution in [3.05, 3.63) is 63.9 Å². The lowest BCUT2D eigenvalue weighted by Crippen LogP contribution is -2.22. The van der Waals surface area contributed by atoms with Crippen molar-refractivity contribution in [3.63, 3.8) is 0 Å². The van der Waals surface area contributed by atoms with E-state index in [1.54, 1.807) is 24.3 Å². The summed E-state index contributed by atoms with van der Waals surface area (Å²) in [6, 6.07) is 10.8. The fourth-order valence-electron chi connectivity index (χ4n) is 1.66. The minimum Gasteiger partial charge on any atom is -0.478 e. The smallest absolute Gasteiger partial charge is 0.328 e. The topological polar surface area (TPSA) is 66.4 Å². The molecule has 1 aromatic carbocycles. The Labute approximate surface area is 120 Å². The van der Waals surface area contributed by atoms with E-state index in [0.29, 0.717) is 12.1 Å². The first-order valence-corrected chi connectivity index (χ1v) is 6.85. The number of aliphatic carboxylic acids is 1. The van der Waals surface area contributed by atoms with Crippen LogP contribution in [0, 0.1) is 0 Å². The first kappa shape index (κ1) is 14.0. The highest BCUT2D eigenvalue weighted by atomic mass is 32.1. The highest BCUT2D eigenvalue weighted by Crippen LogP contribution is 2.18. The number of rotatable bonds is 5. The van der Waals surface area contributed by atoms with E-state index in [2.05, 4.69) is 5.32 Å². The molecule has 102 valence electrons. The lowest BCUT2D eigenvalue weighted by Gasteiger charge is -2.04. The molecular formula is C15H13NO3S. The molecule has 0 radical (unpaired) electrons.